The first-order valence-electron chi connectivity index (χ1n) is 30.8. The highest BCUT2D eigenvalue weighted by molar-refractivity contribution is 5.76. The van der Waals surface area contributed by atoms with Crippen LogP contribution in [0.5, 0.6) is 0 Å². The van der Waals surface area contributed by atoms with E-state index >= 15 is 0 Å². The molecule has 78 heavy (non-hydrogen) atoms. The van der Waals surface area contributed by atoms with E-state index in [0.29, 0.717) is 12.8 Å². The van der Waals surface area contributed by atoms with Gasteiger partial charge in [0.05, 0.1) is 32.0 Å². The highest BCUT2D eigenvalue weighted by Crippen LogP contribution is 2.30. The van der Waals surface area contributed by atoms with E-state index in [4.69, 9.17) is 18.9 Å². The largest absolute Gasteiger partial charge is 0.394 e. The van der Waals surface area contributed by atoms with Crippen molar-refractivity contribution in [3.63, 3.8) is 0 Å². The number of aliphatic hydroxyl groups is 8. The normalized spacial score (nSPS) is 25.2. The van der Waals surface area contributed by atoms with Gasteiger partial charge in [0.2, 0.25) is 5.91 Å². The molecular weight excluding hydrogens is 991 g/mol. The third kappa shape index (κ3) is 33.8. The van der Waals surface area contributed by atoms with Crippen molar-refractivity contribution in [3.8, 4) is 0 Å². The quantitative estimate of drug-likeness (QED) is 0.0204. The summed E-state index contributed by atoms with van der Waals surface area (Å²) in [6.07, 6.45) is 49.7. The van der Waals surface area contributed by atoms with E-state index in [1.807, 2.05) is 0 Å². The molecule has 0 aromatic carbocycles. The van der Waals surface area contributed by atoms with Gasteiger partial charge < -0.3 is 65.1 Å². The Morgan fingerprint density at radius 2 is 0.885 bits per heavy atom. The first kappa shape index (κ1) is 71.3. The lowest BCUT2D eigenvalue weighted by Gasteiger charge is -2.46. The lowest BCUT2D eigenvalue weighted by molar-refractivity contribution is -0.359. The molecule has 9 N–H and O–H groups in total. The van der Waals surface area contributed by atoms with E-state index < -0.39 is 86.8 Å². The molecule has 14 heteroatoms. The molecular formula is C64H111NO13. The molecule has 450 valence electrons. The smallest absolute Gasteiger partial charge is 0.220 e. The fourth-order valence-electron chi connectivity index (χ4n) is 9.69. The molecule has 14 nitrogen and oxygen atoms in total. The van der Waals surface area contributed by atoms with Crippen LogP contribution in [0.4, 0.5) is 0 Å². The molecule has 1 amide bonds. The maximum atomic E-state index is 13.1. The van der Waals surface area contributed by atoms with Crippen molar-refractivity contribution in [2.45, 2.75) is 293 Å². The Labute approximate surface area is 471 Å². The third-order valence-electron chi connectivity index (χ3n) is 14.6. The first-order chi connectivity index (χ1) is 38.1. The number of unbranched alkanes of at least 4 members (excludes halogenated alkanes) is 21. The van der Waals surface area contributed by atoms with Gasteiger partial charge in [-0.25, -0.2) is 0 Å². The van der Waals surface area contributed by atoms with E-state index in [2.05, 4.69) is 104 Å². The molecule has 2 aliphatic heterocycles. The zero-order valence-corrected chi connectivity index (χ0v) is 48.4. The van der Waals surface area contributed by atoms with E-state index in [9.17, 15) is 45.6 Å². The van der Waals surface area contributed by atoms with Gasteiger partial charge in [-0.3, -0.25) is 4.79 Å². The summed E-state index contributed by atoms with van der Waals surface area (Å²) in [4.78, 5) is 13.1. The topological polar surface area (TPSA) is 228 Å². The molecule has 2 aliphatic rings. The number of carbonyl (C=O) groups excluding carboxylic acids is 1. The fourth-order valence-corrected chi connectivity index (χ4v) is 9.69. The van der Waals surface area contributed by atoms with Crippen molar-refractivity contribution in [3.05, 3.63) is 85.1 Å². The number of carbonyl (C=O) groups is 1. The van der Waals surface area contributed by atoms with E-state index in [1.54, 1.807) is 0 Å². The van der Waals surface area contributed by atoms with Gasteiger partial charge in [-0.05, 0) is 70.6 Å². The van der Waals surface area contributed by atoms with Crippen molar-refractivity contribution in [1.29, 1.82) is 0 Å². The standard InChI is InChI=1S/C64H111NO13/c1-3-5-7-9-10-11-12-13-14-15-16-17-18-19-20-21-22-23-24-25-26-27-28-29-30-31-32-33-34-35-36-37-38-39-40-41-42-44-46-48-56(69)65-52(53(68)47-45-43-8-6-4-2)51-75-63-61(74)59(72)62(55(50-67)77-63)78-64-60(73)58(71)57(70)54(49-66)76-64/h5,7,10-11,13-14,16-17,19-20,22-23,25-26,52-55,57-64,66-68,70-74H,3-4,6,8-9,12,15,18,21,24,27-51H2,1-2H3,(H,65,69)/b7-5-,11-10-,14-13-,17-16-,20-19-,23-22-,26-25-. The summed E-state index contributed by atoms with van der Waals surface area (Å²) in [6.45, 7) is 2.63. The van der Waals surface area contributed by atoms with Crippen molar-refractivity contribution >= 4 is 5.91 Å². The number of aliphatic hydroxyl groups excluding tert-OH is 8. The second-order valence-electron chi connectivity index (χ2n) is 21.5. The molecule has 0 bridgehead atoms. The van der Waals surface area contributed by atoms with Crippen LogP contribution in [0.25, 0.3) is 0 Å². The maximum absolute atomic E-state index is 13.1. The lowest BCUT2D eigenvalue weighted by Crippen LogP contribution is -2.65. The van der Waals surface area contributed by atoms with Crippen LogP contribution in [0.3, 0.4) is 0 Å². The van der Waals surface area contributed by atoms with Gasteiger partial charge in [0.15, 0.2) is 12.6 Å². The fraction of sp³-hybridized carbons (Fsp3) is 0.766. The summed E-state index contributed by atoms with van der Waals surface area (Å²) in [6, 6.07) is -0.827. The Morgan fingerprint density at radius 1 is 0.474 bits per heavy atom. The van der Waals surface area contributed by atoms with Crippen molar-refractivity contribution in [2.75, 3.05) is 19.8 Å². The number of allylic oxidation sites excluding steroid dienone is 14. The molecule has 0 saturated carbocycles. The predicted octanol–water partition coefficient (Wildman–Crippen LogP) is 10.9. The Morgan fingerprint density at radius 3 is 1.36 bits per heavy atom. The van der Waals surface area contributed by atoms with Gasteiger partial charge in [-0.1, -0.05) is 227 Å². The number of hydrogen-bond donors (Lipinski definition) is 9. The van der Waals surface area contributed by atoms with Gasteiger partial charge in [0.1, 0.15) is 48.8 Å². The van der Waals surface area contributed by atoms with Crippen LogP contribution >= 0.6 is 0 Å². The minimum Gasteiger partial charge on any atom is -0.394 e. The van der Waals surface area contributed by atoms with Gasteiger partial charge in [-0.15, -0.1) is 0 Å². The Kier molecular flexibility index (Phi) is 44.6. The molecule has 12 atom stereocenters. The Bertz CT molecular complexity index is 1630. The summed E-state index contributed by atoms with van der Waals surface area (Å²) in [7, 11) is 0. The Balaban J connectivity index is 1.50. The van der Waals surface area contributed by atoms with Crippen molar-refractivity contribution in [2.24, 2.45) is 0 Å². The number of hydrogen-bond acceptors (Lipinski definition) is 13. The van der Waals surface area contributed by atoms with E-state index in [-0.39, 0.29) is 12.5 Å². The molecule has 12 unspecified atom stereocenters. The monoisotopic (exact) mass is 1100 g/mol. The number of rotatable bonds is 48. The zero-order valence-electron chi connectivity index (χ0n) is 48.4. The molecule has 0 spiro atoms. The van der Waals surface area contributed by atoms with E-state index in [1.165, 1.54) is 89.9 Å². The summed E-state index contributed by atoms with van der Waals surface area (Å²) in [5.41, 5.74) is 0. The van der Waals surface area contributed by atoms with Crippen LogP contribution in [0.15, 0.2) is 85.1 Å². The van der Waals surface area contributed by atoms with Gasteiger partial charge in [0, 0.05) is 6.42 Å². The van der Waals surface area contributed by atoms with Crippen molar-refractivity contribution in [1.82, 2.24) is 5.32 Å². The average molecular weight is 1100 g/mol. The van der Waals surface area contributed by atoms with Gasteiger partial charge >= 0.3 is 0 Å². The molecule has 2 fully saturated rings. The minimum absolute atomic E-state index is 0.215. The second-order valence-corrected chi connectivity index (χ2v) is 21.5. The number of nitrogens with one attached hydrogen (secondary N) is 1. The molecule has 0 radical (unpaired) electrons. The highest BCUT2D eigenvalue weighted by Gasteiger charge is 2.51. The highest BCUT2D eigenvalue weighted by atomic mass is 16.7. The lowest BCUT2D eigenvalue weighted by atomic mass is 9.97. The molecule has 2 rings (SSSR count). The summed E-state index contributed by atoms with van der Waals surface area (Å²) < 4.78 is 22.7. The summed E-state index contributed by atoms with van der Waals surface area (Å²) in [5.74, 6) is -0.215. The molecule has 2 saturated heterocycles. The SMILES string of the molecule is CC/C=C\C/C=C\C/C=C\C/C=C\C/C=C\C/C=C\C/C=C\CCCCCCCCCCCCCCCCCCCC(=O)NC(COC1OC(CO)C(OC2OC(CO)C(O)C(O)C2O)C(O)C1O)C(O)CCCCCCC. The average Bonchev–Trinajstić information content (AvgIpc) is 3.47. The third-order valence-corrected chi connectivity index (χ3v) is 14.6. The molecule has 2 heterocycles. The Hall–Kier alpha value is -2.83. The zero-order chi connectivity index (χ0) is 56.7. The summed E-state index contributed by atoms with van der Waals surface area (Å²) >= 11 is 0. The predicted molar refractivity (Wildman–Crippen MR) is 313 cm³/mol. The molecule has 0 aromatic rings. The van der Waals surface area contributed by atoms with Crippen LogP contribution in [0.1, 0.15) is 219 Å². The first-order valence-corrected chi connectivity index (χ1v) is 30.8. The van der Waals surface area contributed by atoms with Crippen molar-refractivity contribution < 1.29 is 64.6 Å². The van der Waals surface area contributed by atoms with Gasteiger partial charge in [0.25, 0.3) is 0 Å². The summed E-state index contributed by atoms with van der Waals surface area (Å²) in [5, 5.41) is 86.6. The van der Waals surface area contributed by atoms with Crippen LogP contribution in [-0.4, -0.2) is 140 Å². The van der Waals surface area contributed by atoms with E-state index in [0.717, 1.165) is 103 Å². The van der Waals surface area contributed by atoms with Crippen LogP contribution in [0.2, 0.25) is 0 Å². The second kappa shape index (κ2) is 48.8. The van der Waals surface area contributed by atoms with Gasteiger partial charge in [-0.2, -0.15) is 0 Å². The van der Waals surface area contributed by atoms with Crippen LogP contribution in [-0.2, 0) is 23.7 Å². The molecule has 0 aliphatic carbocycles. The molecule has 0 aromatic heterocycles. The number of amides is 1. The number of ether oxygens (including phenoxy) is 4. The van der Waals surface area contributed by atoms with Crippen LogP contribution < -0.4 is 5.32 Å². The van der Waals surface area contributed by atoms with Crippen LogP contribution in [0, 0.1) is 0 Å². The minimum atomic E-state index is -1.78. The maximum Gasteiger partial charge on any atom is 0.220 e.